The van der Waals surface area contributed by atoms with Crippen LogP contribution in [0.15, 0.2) is 41.3 Å². The number of hydrogen-bond donors (Lipinski definition) is 1. The number of nitro benzene ring substituents is 1. The van der Waals surface area contributed by atoms with Crippen LogP contribution in [0.2, 0.25) is 0 Å². The predicted octanol–water partition coefficient (Wildman–Crippen LogP) is 3.32. The molecule has 116 valence electrons. The van der Waals surface area contributed by atoms with Crippen molar-refractivity contribution in [2.24, 2.45) is 0 Å². The Bertz CT molecular complexity index is 845. The van der Waals surface area contributed by atoms with Crippen molar-refractivity contribution in [3.05, 3.63) is 63.2 Å². The summed E-state index contributed by atoms with van der Waals surface area (Å²) in [6.07, 6.45) is 0. The first-order chi connectivity index (χ1) is 10.2. The van der Waals surface area contributed by atoms with E-state index in [4.69, 9.17) is 0 Å². The zero-order valence-corrected chi connectivity index (χ0v) is 13.3. The molecule has 22 heavy (non-hydrogen) atoms. The van der Waals surface area contributed by atoms with Crippen molar-refractivity contribution in [1.29, 1.82) is 0 Å². The van der Waals surface area contributed by atoms with Crippen molar-refractivity contribution in [3.8, 4) is 0 Å². The molecule has 0 aliphatic carbocycles. The summed E-state index contributed by atoms with van der Waals surface area (Å²) >= 11 is 0. The molecule has 0 amide bonds. The highest BCUT2D eigenvalue weighted by atomic mass is 32.2. The normalized spacial score (nSPS) is 11.2. The average molecular weight is 320 g/mol. The Labute approximate surface area is 129 Å². The largest absolute Gasteiger partial charge is 0.279 e. The second kappa shape index (κ2) is 5.76. The number of nitrogens with zero attached hydrogens (tertiary/aromatic N) is 1. The molecule has 0 spiro atoms. The van der Waals surface area contributed by atoms with Gasteiger partial charge in [-0.15, -0.1) is 0 Å². The SMILES string of the molecule is Cc1ccc(C)c(NS(=O)(=O)c2cccc([N+](=O)[O-])c2C)c1. The summed E-state index contributed by atoms with van der Waals surface area (Å²) in [4.78, 5) is 10.3. The lowest BCUT2D eigenvalue weighted by Gasteiger charge is -2.13. The maximum Gasteiger partial charge on any atom is 0.273 e. The summed E-state index contributed by atoms with van der Waals surface area (Å²) in [7, 11) is -3.89. The average Bonchev–Trinajstić information content (AvgIpc) is 2.42. The van der Waals surface area contributed by atoms with Crippen molar-refractivity contribution in [1.82, 2.24) is 0 Å². The van der Waals surface area contributed by atoms with E-state index in [1.165, 1.54) is 25.1 Å². The van der Waals surface area contributed by atoms with E-state index in [-0.39, 0.29) is 16.1 Å². The zero-order valence-electron chi connectivity index (χ0n) is 12.5. The van der Waals surface area contributed by atoms with Gasteiger partial charge in [0.05, 0.1) is 15.5 Å². The van der Waals surface area contributed by atoms with E-state index in [0.717, 1.165) is 11.1 Å². The molecule has 2 rings (SSSR count). The second-order valence-corrected chi connectivity index (χ2v) is 6.73. The van der Waals surface area contributed by atoms with Crippen LogP contribution in [-0.4, -0.2) is 13.3 Å². The van der Waals surface area contributed by atoms with Crippen LogP contribution in [0.5, 0.6) is 0 Å². The minimum absolute atomic E-state index is 0.0948. The maximum absolute atomic E-state index is 12.5. The molecule has 0 fully saturated rings. The highest BCUT2D eigenvalue weighted by molar-refractivity contribution is 7.92. The van der Waals surface area contributed by atoms with Gasteiger partial charge in [0.1, 0.15) is 0 Å². The van der Waals surface area contributed by atoms with Gasteiger partial charge in [-0.2, -0.15) is 0 Å². The third-order valence-electron chi connectivity index (χ3n) is 3.38. The van der Waals surface area contributed by atoms with Crippen LogP contribution in [0.3, 0.4) is 0 Å². The third-order valence-corrected chi connectivity index (χ3v) is 4.89. The van der Waals surface area contributed by atoms with Crippen molar-refractivity contribution in [2.75, 3.05) is 4.72 Å². The standard InChI is InChI=1S/C15H16N2O4S/c1-10-7-8-11(2)13(9-10)16-22(20,21)15-6-4-5-14(12(15)3)17(18)19/h4-9,16H,1-3H3. The van der Waals surface area contributed by atoms with Gasteiger partial charge in [-0.05, 0) is 44.0 Å². The zero-order chi connectivity index (χ0) is 16.5. The smallest absolute Gasteiger partial charge is 0.273 e. The molecule has 2 aromatic rings. The summed E-state index contributed by atoms with van der Waals surface area (Å²) in [6, 6.07) is 9.42. The lowest BCUT2D eigenvalue weighted by atomic mass is 10.1. The number of aryl methyl sites for hydroxylation is 2. The van der Waals surface area contributed by atoms with Gasteiger partial charge in [0.25, 0.3) is 15.7 Å². The van der Waals surface area contributed by atoms with Crippen LogP contribution in [0.4, 0.5) is 11.4 Å². The first-order valence-corrected chi connectivity index (χ1v) is 8.05. The topological polar surface area (TPSA) is 89.3 Å². The fourth-order valence-electron chi connectivity index (χ4n) is 2.14. The summed E-state index contributed by atoms with van der Waals surface area (Å²) < 4.78 is 27.6. The van der Waals surface area contributed by atoms with E-state index in [1.54, 1.807) is 13.0 Å². The van der Waals surface area contributed by atoms with Crippen molar-refractivity contribution < 1.29 is 13.3 Å². The number of nitrogens with one attached hydrogen (secondary N) is 1. The molecular weight excluding hydrogens is 304 g/mol. The van der Waals surface area contributed by atoms with Gasteiger partial charge >= 0.3 is 0 Å². The van der Waals surface area contributed by atoms with Crippen LogP contribution >= 0.6 is 0 Å². The first-order valence-electron chi connectivity index (χ1n) is 6.56. The summed E-state index contributed by atoms with van der Waals surface area (Å²) in [5, 5.41) is 10.9. The lowest BCUT2D eigenvalue weighted by molar-refractivity contribution is -0.385. The molecule has 0 saturated heterocycles. The number of benzene rings is 2. The molecule has 0 aliphatic rings. The van der Waals surface area contributed by atoms with Gasteiger partial charge in [-0.3, -0.25) is 14.8 Å². The third kappa shape index (κ3) is 3.09. The summed E-state index contributed by atoms with van der Waals surface area (Å²) in [5.74, 6) is 0. The van der Waals surface area contributed by atoms with Crippen LogP contribution in [0.1, 0.15) is 16.7 Å². The lowest BCUT2D eigenvalue weighted by Crippen LogP contribution is -2.15. The van der Waals surface area contributed by atoms with Crippen LogP contribution in [-0.2, 0) is 10.0 Å². The van der Waals surface area contributed by atoms with Gasteiger partial charge in [-0.25, -0.2) is 8.42 Å². The molecule has 1 N–H and O–H groups in total. The van der Waals surface area contributed by atoms with Crippen molar-refractivity contribution in [2.45, 2.75) is 25.7 Å². The Balaban J connectivity index is 2.50. The fraction of sp³-hybridized carbons (Fsp3) is 0.200. The van der Waals surface area contributed by atoms with Gasteiger partial charge in [0.2, 0.25) is 0 Å². The molecule has 2 aromatic carbocycles. The van der Waals surface area contributed by atoms with Gasteiger partial charge in [0, 0.05) is 11.6 Å². The van der Waals surface area contributed by atoms with Gasteiger partial charge in [-0.1, -0.05) is 18.2 Å². The first kappa shape index (κ1) is 16.0. The second-order valence-electron chi connectivity index (χ2n) is 5.08. The summed E-state index contributed by atoms with van der Waals surface area (Å²) in [6.45, 7) is 5.07. The van der Waals surface area contributed by atoms with Crippen molar-refractivity contribution >= 4 is 21.4 Å². The van der Waals surface area contributed by atoms with Gasteiger partial charge < -0.3 is 0 Å². The molecule has 6 nitrogen and oxygen atoms in total. The number of hydrogen-bond acceptors (Lipinski definition) is 4. The van der Waals surface area contributed by atoms with E-state index >= 15 is 0 Å². The molecule has 0 heterocycles. The molecule has 0 saturated carbocycles. The van der Waals surface area contributed by atoms with Gasteiger partial charge in [0.15, 0.2) is 0 Å². The molecule has 0 atom stereocenters. The molecule has 0 radical (unpaired) electrons. The van der Waals surface area contributed by atoms with Crippen LogP contribution < -0.4 is 4.72 Å². The minimum Gasteiger partial charge on any atom is -0.279 e. The fourth-order valence-corrected chi connectivity index (χ4v) is 3.52. The Morgan fingerprint density at radius 1 is 1.09 bits per heavy atom. The number of anilines is 1. The minimum atomic E-state index is -3.89. The molecular formula is C15H16N2O4S. The monoisotopic (exact) mass is 320 g/mol. The van der Waals surface area contributed by atoms with E-state index in [2.05, 4.69) is 4.72 Å². The van der Waals surface area contributed by atoms with Crippen LogP contribution in [0.25, 0.3) is 0 Å². The number of rotatable bonds is 4. The summed E-state index contributed by atoms with van der Waals surface area (Å²) in [5.41, 5.74) is 2.05. The molecule has 0 aliphatic heterocycles. The molecule has 0 unspecified atom stereocenters. The maximum atomic E-state index is 12.5. The van der Waals surface area contributed by atoms with Crippen molar-refractivity contribution in [3.63, 3.8) is 0 Å². The Morgan fingerprint density at radius 2 is 1.77 bits per heavy atom. The Kier molecular flexibility index (Phi) is 4.18. The van der Waals surface area contributed by atoms with E-state index in [9.17, 15) is 18.5 Å². The Hall–Kier alpha value is -2.41. The molecule has 0 bridgehead atoms. The number of sulfonamides is 1. The van der Waals surface area contributed by atoms with E-state index in [0.29, 0.717) is 5.69 Å². The Morgan fingerprint density at radius 3 is 2.41 bits per heavy atom. The highest BCUT2D eigenvalue weighted by Gasteiger charge is 2.23. The quantitative estimate of drug-likeness (QED) is 0.691. The van der Waals surface area contributed by atoms with E-state index < -0.39 is 14.9 Å². The van der Waals surface area contributed by atoms with Crippen LogP contribution in [0, 0.1) is 30.9 Å². The van der Waals surface area contributed by atoms with E-state index in [1.807, 2.05) is 19.1 Å². The number of nitro groups is 1. The molecule has 7 heteroatoms. The molecule has 0 aromatic heterocycles. The highest BCUT2D eigenvalue weighted by Crippen LogP contribution is 2.27. The predicted molar refractivity (Wildman–Crippen MR) is 84.6 cm³/mol.